The zero-order valence-electron chi connectivity index (χ0n) is 11.7. The van der Waals surface area contributed by atoms with Gasteiger partial charge in [0, 0.05) is 0 Å². The fourth-order valence-corrected chi connectivity index (χ4v) is 6.04. The summed E-state index contributed by atoms with van der Waals surface area (Å²) >= 11 is 0. The first-order valence-corrected chi connectivity index (χ1v) is 8.50. The first-order chi connectivity index (χ1) is 9.69. The molecule has 0 atom stereocenters. The van der Waals surface area contributed by atoms with Gasteiger partial charge in [-0.05, 0) is 56.3 Å². The third-order valence-corrected chi connectivity index (χ3v) is 6.73. The van der Waals surface area contributed by atoms with Gasteiger partial charge in [-0.1, -0.05) is 0 Å². The zero-order chi connectivity index (χ0) is 15.5. The minimum absolute atomic E-state index is 0.162. The van der Waals surface area contributed by atoms with Gasteiger partial charge in [0.15, 0.2) is 0 Å². The molecule has 0 spiro atoms. The van der Waals surface area contributed by atoms with Crippen LogP contribution in [0.2, 0.25) is 0 Å². The van der Waals surface area contributed by atoms with E-state index in [1.807, 2.05) is 0 Å². The first-order valence-electron chi connectivity index (χ1n) is 7.09. The average molecular weight is 324 g/mol. The van der Waals surface area contributed by atoms with Gasteiger partial charge in [0.25, 0.3) is 0 Å². The average Bonchev–Trinajstić information content (AvgIpc) is 2.36. The van der Waals surface area contributed by atoms with Crippen molar-refractivity contribution in [3.8, 4) is 0 Å². The minimum Gasteiger partial charge on any atom is -0.437 e. The van der Waals surface area contributed by atoms with Crippen LogP contribution in [0, 0.1) is 23.2 Å². The topological polar surface area (TPSA) is 69.7 Å². The molecule has 0 N–H and O–H groups in total. The number of hydrogen-bond acceptors (Lipinski definition) is 5. The van der Waals surface area contributed by atoms with Crippen molar-refractivity contribution in [3.63, 3.8) is 0 Å². The lowest BCUT2D eigenvalue weighted by molar-refractivity contribution is -0.161. The van der Waals surface area contributed by atoms with Gasteiger partial charge in [0.1, 0.15) is 0 Å². The Hall–Kier alpha value is -0.920. The van der Waals surface area contributed by atoms with Gasteiger partial charge in [-0.2, -0.15) is 17.2 Å². The second kappa shape index (κ2) is 4.54. The summed E-state index contributed by atoms with van der Waals surface area (Å²) in [5.74, 6) is 0.487. The summed E-state index contributed by atoms with van der Waals surface area (Å²) in [5, 5.41) is -4.07. The molecule has 4 aliphatic rings. The number of rotatable bonds is 3. The summed E-state index contributed by atoms with van der Waals surface area (Å²) in [5.41, 5.74) is -1.59. The molecule has 0 aliphatic heterocycles. The largest absolute Gasteiger partial charge is 0.524 e. The van der Waals surface area contributed by atoms with E-state index in [0.717, 1.165) is 26.4 Å². The molecule has 21 heavy (non-hydrogen) atoms. The molecule has 0 heterocycles. The van der Waals surface area contributed by atoms with E-state index in [-0.39, 0.29) is 37.0 Å². The van der Waals surface area contributed by atoms with Gasteiger partial charge >= 0.3 is 21.5 Å². The summed E-state index contributed by atoms with van der Waals surface area (Å²) in [7, 11) is -4.47. The lowest BCUT2D eigenvalue weighted by Gasteiger charge is -2.57. The maximum absolute atomic E-state index is 14.7. The van der Waals surface area contributed by atoms with Gasteiger partial charge < -0.3 is 8.92 Å². The minimum atomic E-state index is -5.34. The maximum Gasteiger partial charge on any atom is 0.524 e. The molecule has 0 aromatic rings. The highest BCUT2D eigenvalue weighted by atomic mass is 32.2. The summed E-state index contributed by atoms with van der Waals surface area (Å²) in [4.78, 5) is 10.9. The van der Waals surface area contributed by atoms with Crippen molar-refractivity contribution in [2.45, 2.75) is 43.8 Å². The quantitative estimate of drug-likeness (QED) is 0.590. The smallest absolute Gasteiger partial charge is 0.437 e. The van der Waals surface area contributed by atoms with E-state index in [2.05, 4.69) is 8.92 Å². The van der Waals surface area contributed by atoms with E-state index >= 15 is 0 Å². The molecular weight excluding hydrogens is 306 g/mol. The SMILES string of the molecule is COC(=O)OS(=O)(=O)C(F)(F)C12CC3CC(CC(C3)C1)C2. The molecule has 0 radical (unpaired) electrons. The van der Waals surface area contributed by atoms with Crippen LogP contribution in [0.25, 0.3) is 0 Å². The molecule has 0 unspecified atom stereocenters. The molecule has 0 saturated heterocycles. The molecule has 4 saturated carbocycles. The molecule has 0 aromatic heterocycles. The molecule has 4 bridgehead atoms. The van der Waals surface area contributed by atoms with Crippen LogP contribution >= 0.6 is 0 Å². The van der Waals surface area contributed by atoms with Gasteiger partial charge in [-0.3, -0.25) is 0 Å². The van der Waals surface area contributed by atoms with Crippen LogP contribution in [0.1, 0.15) is 38.5 Å². The van der Waals surface area contributed by atoms with Crippen LogP contribution in [-0.2, 0) is 19.0 Å². The van der Waals surface area contributed by atoms with Crippen LogP contribution in [0.15, 0.2) is 0 Å². The first kappa shape index (κ1) is 15.0. The Morgan fingerprint density at radius 3 is 1.90 bits per heavy atom. The molecule has 4 aliphatic carbocycles. The highest BCUT2D eigenvalue weighted by Crippen LogP contribution is 2.66. The number of ether oxygens (including phenoxy) is 1. The summed E-state index contributed by atoms with van der Waals surface area (Å²) in [6.07, 6.45) is 1.68. The summed E-state index contributed by atoms with van der Waals surface area (Å²) in [6, 6.07) is 0. The fraction of sp³-hybridized carbons (Fsp3) is 0.923. The molecule has 5 nitrogen and oxygen atoms in total. The van der Waals surface area contributed by atoms with Gasteiger partial charge in [0.05, 0.1) is 12.5 Å². The van der Waals surface area contributed by atoms with E-state index in [1.54, 1.807) is 0 Å². The van der Waals surface area contributed by atoms with Gasteiger partial charge in [-0.25, -0.2) is 4.79 Å². The predicted molar refractivity (Wildman–Crippen MR) is 68.0 cm³/mol. The van der Waals surface area contributed by atoms with Crippen molar-refractivity contribution >= 4 is 16.3 Å². The Morgan fingerprint density at radius 2 is 1.52 bits per heavy atom. The molecule has 8 heteroatoms. The number of hydrogen-bond donors (Lipinski definition) is 0. The molecule has 4 rings (SSSR count). The third kappa shape index (κ3) is 2.13. The molecule has 120 valence electrons. The van der Waals surface area contributed by atoms with Crippen molar-refractivity contribution < 1.29 is 30.9 Å². The number of carbonyl (C=O) groups is 1. The third-order valence-electron chi connectivity index (χ3n) is 5.31. The van der Waals surface area contributed by atoms with Crippen LogP contribution in [0.4, 0.5) is 13.6 Å². The summed E-state index contributed by atoms with van der Waals surface area (Å²) in [6.45, 7) is 0. The van der Waals surface area contributed by atoms with E-state index < -0.39 is 26.9 Å². The van der Waals surface area contributed by atoms with Crippen molar-refractivity contribution in [2.75, 3.05) is 7.11 Å². The van der Waals surface area contributed by atoms with Crippen LogP contribution in [0.3, 0.4) is 0 Å². The Bertz CT molecular complexity index is 522. The second-order valence-electron chi connectivity index (χ2n) is 6.71. The van der Waals surface area contributed by atoms with E-state index in [4.69, 9.17) is 0 Å². The summed E-state index contributed by atoms with van der Waals surface area (Å²) < 4.78 is 61.1. The van der Waals surface area contributed by atoms with E-state index in [0.29, 0.717) is 0 Å². The normalized spacial score (nSPS) is 38.3. The lowest BCUT2D eigenvalue weighted by atomic mass is 9.49. The van der Waals surface area contributed by atoms with Crippen molar-refractivity contribution in [1.29, 1.82) is 0 Å². The highest BCUT2D eigenvalue weighted by Gasteiger charge is 2.69. The number of carbonyl (C=O) groups excluding carboxylic acids is 1. The highest BCUT2D eigenvalue weighted by molar-refractivity contribution is 7.88. The predicted octanol–water partition coefficient (Wildman–Crippen LogP) is 2.91. The number of halogens is 2. The second-order valence-corrected chi connectivity index (χ2v) is 8.29. The van der Waals surface area contributed by atoms with E-state index in [9.17, 15) is 22.0 Å². The van der Waals surface area contributed by atoms with Crippen LogP contribution in [0.5, 0.6) is 0 Å². The van der Waals surface area contributed by atoms with Crippen molar-refractivity contribution in [2.24, 2.45) is 23.2 Å². The van der Waals surface area contributed by atoms with Crippen molar-refractivity contribution in [1.82, 2.24) is 0 Å². The fourth-order valence-electron chi connectivity index (χ4n) is 4.91. The van der Waals surface area contributed by atoms with Crippen molar-refractivity contribution in [3.05, 3.63) is 0 Å². The molecular formula is C13H18F2O5S. The zero-order valence-corrected chi connectivity index (χ0v) is 12.5. The molecule has 4 fully saturated rings. The monoisotopic (exact) mass is 324 g/mol. The Labute approximate surface area is 122 Å². The number of methoxy groups -OCH3 is 1. The maximum atomic E-state index is 14.7. The van der Waals surface area contributed by atoms with E-state index in [1.165, 1.54) is 0 Å². The Kier molecular flexibility index (Phi) is 3.24. The lowest BCUT2D eigenvalue weighted by Crippen LogP contribution is -2.57. The number of alkyl halides is 2. The Balaban J connectivity index is 1.92. The molecule has 0 aromatic carbocycles. The van der Waals surface area contributed by atoms with Gasteiger partial charge in [-0.15, -0.1) is 0 Å². The van der Waals surface area contributed by atoms with Crippen LogP contribution in [-0.4, -0.2) is 26.9 Å². The Morgan fingerprint density at radius 1 is 1.10 bits per heavy atom. The standard InChI is InChI=1S/C13H18F2O5S/c1-19-11(16)20-21(17,18)13(14,15)12-5-8-2-9(6-12)4-10(3-8)7-12/h8-10H,2-7H2,1H3. The van der Waals surface area contributed by atoms with Gasteiger partial charge in [0.2, 0.25) is 0 Å². The van der Waals surface area contributed by atoms with Crippen LogP contribution < -0.4 is 0 Å². The molecule has 0 amide bonds.